The van der Waals surface area contributed by atoms with Crippen LogP contribution >= 0.6 is 11.3 Å². The van der Waals surface area contributed by atoms with Crippen molar-refractivity contribution in [3.05, 3.63) is 29.3 Å². The molecule has 3 heterocycles. The normalized spacial score (nSPS) is 16.6. The number of nitrogens with zero attached hydrogens (tertiary/aromatic N) is 4. The molecule has 23 heavy (non-hydrogen) atoms. The highest BCUT2D eigenvalue weighted by molar-refractivity contribution is 7.13. The Bertz CT molecular complexity index is 657. The first-order valence-corrected chi connectivity index (χ1v) is 8.90. The molecular formula is C16H23N5OS. The van der Waals surface area contributed by atoms with Crippen molar-refractivity contribution in [3.63, 3.8) is 0 Å². The maximum Gasteiger partial charge on any atom is 0.240 e. The summed E-state index contributed by atoms with van der Waals surface area (Å²) in [7, 11) is 0. The molecule has 0 saturated carbocycles. The van der Waals surface area contributed by atoms with E-state index >= 15 is 0 Å². The van der Waals surface area contributed by atoms with E-state index in [1.165, 1.54) is 11.3 Å². The second-order valence-corrected chi connectivity index (χ2v) is 7.05. The Labute approximate surface area is 140 Å². The summed E-state index contributed by atoms with van der Waals surface area (Å²) >= 11 is 1.47. The average molecular weight is 333 g/mol. The largest absolute Gasteiger partial charge is 0.335 e. The van der Waals surface area contributed by atoms with Crippen molar-refractivity contribution in [1.29, 1.82) is 0 Å². The van der Waals surface area contributed by atoms with E-state index in [-0.39, 0.29) is 5.91 Å². The van der Waals surface area contributed by atoms with Gasteiger partial charge in [-0.3, -0.25) is 9.69 Å². The van der Waals surface area contributed by atoms with Gasteiger partial charge >= 0.3 is 0 Å². The van der Waals surface area contributed by atoms with Crippen molar-refractivity contribution in [2.45, 2.75) is 33.2 Å². The van der Waals surface area contributed by atoms with E-state index in [0.717, 1.165) is 44.0 Å². The van der Waals surface area contributed by atoms with Gasteiger partial charge in [0.25, 0.3) is 0 Å². The first kappa shape index (κ1) is 16.1. The van der Waals surface area contributed by atoms with Gasteiger partial charge in [-0.25, -0.2) is 9.97 Å². The third kappa shape index (κ3) is 4.39. The molecule has 2 aromatic heterocycles. The Morgan fingerprint density at radius 2 is 2.17 bits per heavy atom. The highest BCUT2D eigenvalue weighted by atomic mass is 32.1. The number of anilines is 1. The van der Waals surface area contributed by atoms with E-state index in [2.05, 4.69) is 24.8 Å². The monoisotopic (exact) mass is 333 g/mol. The number of hydrogen-bond acceptors (Lipinski definition) is 5. The first-order chi connectivity index (χ1) is 11.1. The maximum absolute atomic E-state index is 12.1. The standard InChI is InChI=1S/C16H23N5OS/c1-12-11-23-16(18-12)19-15(22)10-20-6-3-14(4-7-20)9-21-8-5-17-13(21)2/h5,8,11,14H,3-4,6-7,9-10H2,1-2H3,(H,18,19,22). The SMILES string of the molecule is Cc1csc(NC(=O)CN2CCC(Cn3ccnc3C)CC2)n1. The number of imidazole rings is 1. The number of amides is 1. The highest BCUT2D eigenvalue weighted by Gasteiger charge is 2.21. The number of hydrogen-bond donors (Lipinski definition) is 1. The quantitative estimate of drug-likeness (QED) is 0.912. The molecule has 0 unspecified atom stereocenters. The number of aromatic nitrogens is 3. The molecule has 2 aromatic rings. The van der Waals surface area contributed by atoms with Gasteiger partial charge in [0.2, 0.25) is 5.91 Å². The zero-order chi connectivity index (χ0) is 16.2. The lowest BCUT2D eigenvalue weighted by molar-refractivity contribution is -0.117. The van der Waals surface area contributed by atoms with Crippen molar-refractivity contribution >= 4 is 22.4 Å². The van der Waals surface area contributed by atoms with E-state index in [0.29, 0.717) is 17.6 Å². The number of carbonyl (C=O) groups is 1. The van der Waals surface area contributed by atoms with Crippen LogP contribution in [-0.2, 0) is 11.3 Å². The molecule has 1 aliphatic heterocycles. The van der Waals surface area contributed by atoms with E-state index < -0.39 is 0 Å². The Balaban J connectivity index is 1.42. The fraction of sp³-hybridized carbons (Fsp3) is 0.562. The smallest absolute Gasteiger partial charge is 0.240 e. The van der Waals surface area contributed by atoms with Gasteiger partial charge in [-0.05, 0) is 45.7 Å². The van der Waals surface area contributed by atoms with Crippen molar-refractivity contribution in [3.8, 4) is 0 Å². The molecule has 7 heteroatoms. The minimum Gasteiger partial charge on any atom is -0.335 e. The molecule has 0 radical (unpaired) electrons. The molecular weight excluding hydrogens is 310 g/mol. The third-order valence-corrected chi connectivity index (χ3v) is 5.19. The average Bonchev–Trinajstić information content (AvgIpc) is 3.10. The summed E-state index contributed by atoms with van der Waals surface area (Å²) in [5.41, 5.74) is 0.945. The van der Waals surface area contributed by atoms with Crippen LogP contribution in [0.5, 0.6) is 0 Å². The molecule has 1 fully saturated rings. The Morgan fingerprint density at radius 3 is 2.78 bits per heavy atom. The van der Waals surface area contributed by atoms with Crippen LogP contribution in [0.15, 0.2) is 17.8 Å². The fourth-order valence-corrected chi connectivity index (χ4v) is 3.68. The Kier molecular flexibility index (Phi) is 5.07. The zero-order valence-corrected chi connectivity index (χ0v) is 14.5. The van der Waals surface area contributed by atoms with Gasteiger partial charge in [0.05, 0.1) is 12.2 Å². The molecule has 0 bridgehead atoms. The lowest BCUT2D eigenvalue weighted by Gasteiger charge is -2.31. The Morgan fingerprint density at radius 1 is 1.39 bits per heavy atom. The topological polar surface area (TPSA) is 63.1 Å². The van der Waals surface area contributed by atoms with Crippen LogP contribution in [0, 0.1) is 19.8 Å². The van der Waals surface area contributed by atoms with Crippen LogP contribution < -0.4 is 5.32 Å². The van der Waals surface area contributed by atoms with Crippen LogP contribution in [-0.4, -0.2) is 45.0 Å². The molecule has 0 spiro atoms. The van der Waals surface area contributed by atoms with E-state index in [9.17, 15) is 4.79 Å². The van der Waals surface area contributed by atoms with Crippen LogP contribution in [0.25, 0.3) is 0 Å². The third-order valence-electron chi connectivity index (χ3n) is 4.32. The van der Waals surface area contributed by atoms with Crippen molar-refractivity contribution < 1.29 is 4.79 Å². The molecule has 1 aliphatic rings. The highest BCUT2D eigenvalue weighted by Crippen LogP contribution is 2.20. The van der Waals surface area contributed by atoms with Gasteiger partial charge in [-0.2, -0.15) is 0 Å². The van der Waals surface area contributed by atoms with Gasteiger partial charge < -0.3 is 9.88 Å². The molecule has 0 aliphatic carbocycles. The number of carbonyl (C=O) groups excluding carboxylic acids is 1. The van der Waals surface area contributed by atoms with Crippen LogP contribution in [0.3, 0.4) is 0 Å². The van der Waals surface area contributed by atoms with E-state index in [4.69, 9.17) is 0 Å². The minimum atomic E-state index is 0.0308. The predicted octanol–water partition coefficient (Wildman–Crippen LogP) is 2.31. The van der Waals surface area contributed by atoms with Crippen LogP contribution in [0.1, 0.15) is 24.4 Å². The molecule has 3 rings (SSSR count). The Hall–Kier alpha value is -1.73. The van der Waals surface area contributed by atoms with Crippen LogP contribution in [0.4, 0.5) is 5.13 Å². The number of rotatable bonds is 5. The summed E-state index contributed by atoms with van der Waals surface area (Å²) in [5.74, 6) is 1.78. The number of likely N-dealkylation sites (tertiary alicyclic amines) is 1. The number of thiazole rings is 1. The maximum atomic E-state index is 12.1. The summed E-state index contributed by atoms with van der Waals surface area (Å²) in [6.07, 6.45) is 6.16. The summed E-state index contributed by atoms with van der Waals surface area (Å²) in [4.78, 5) is 22.8. The summed E-state index contributed by atoms with van der Waals surface area (Å²) in [6, 6.07) is 0. The van der Waals surface area contributed by atoms with Gasteiger partial charge in [-0.15, -0.1) is 11.3 Å². The van der Waals surface area contributed by atoms with Crippen molar-refractivity contribution in [1.82, 2.24) is 19.4 Å². The second-order valence-electron chi connectivity index (χ2n) is 6.19. The van der Waals surface area contributed by atoms with Gasteiger partial charge in [0.1, 0.15) is 5.82 Å². The van der Waals surface area contributed by atoms with E-state index in [1.54, 1.807) is 0 Å². The van der Waals surface area contributed by atoms with Crippen molar-refractivity contribution in [2.75, 3.05) is 25.0 Å². The minimum absolute atomic E-state index is 0.0308. The molecule has 1 amide bonds. The predicted molar refractivity (Wildman–Crippen MR) is 91.6 cm³/mol. The van der Waals surface area contributed by atoms with Gasteiger partial charge in [0, 0.05) is 24.3 Å². The molecule has 0 aromatic carbocycles. The lowest BCUT2D eigenvalue weighted by Crippen LogP contribution is -2.40. The molecule has 124 valence electrons. The van der Waals surface area contributed by atoms with Crippen LogP contribution in [0.2, 0.25) is 0 Å². The molecule has 6 nitrogen and oxygen atoms in total. The van der Waals surface area contributed by atoms with Gasteiger partial charge in [-0.1, -0.05) is 0 Å². The second kappa shape index (κ2) is 7.23. The fourth-order valence-electron chi connectivity index (χ4n) is 2.98. The lowest BCUT2D eigenvalue weighted by atomic mass is 9.96. The molecule has 1 saturated heterocycles. The molecule has 1 N–H and O–H groups in total. The number of nitrogens with one attached hydrogen (secondary N) is 1. The van der Waals surface area contributed by atoms with Crippen molar-refractivity contribution in [2.24, 2.45) is 5.92 Å². The van der Waals surface area contributed by atoms with E-state index in [1.807, 2.05) is 31.6 Å². The summed E-state index contributed by atoms with van der Waals surface area (Å²) in [5, 5.41) is 5.52. The molecule has 0 atom stereocenters. The number of aryl methyl sites for hydroxylation is 2. The number of piperidine rings is 1. The first-order valence-electron chi connectivity index (χ1n) is 8.02. The zero-order valence-electron chi connectivity index (χ0n) is 13.7. The summed E-state index contributed by atoms with van der Waals surface area (Å²) in [6.45, 7) is 7.41. The van der Waals surface area contributed by atoms with Gasteiger partial charge in [0.15, 0.2) is 5.13 Å². The summed E-state index contributed by atoms with van der Waals surface area (Å²) < 4.78 is 2.22.